The Morgan fingerprint density at radius 2 is 1.23 bits per heavy atom. The average molecular weight is 490 g/mol. The topological polar surface area (TPSA) is 69.4 Å². The van der Waals surface area contributed by atoms with Crippen LogP contribution in [0.15, 0.2) is 24.3 Å². The predicted octanol–water partition coefficient (Wildman–Crippen LogP) is 5.86. The number of ether oxygens (including phenoxy) is 1. The van der Waals surface area contributed by atoms with Crippen LogP contribution in [0.2, 0.25) is 0 Å². The van der Waals surface area contributed by atoms with Crippen molar-refractivity contribution in [3.05, 3.63) is 34.4 Å². The number of carbonyl (C=O) groups is 1. The highest BCUT2D eigenvalue weighted by Crippen LogP contribution is 2.28. The lowest BCUT2D eigenvalue weighted by Gasteiger charge is -2.55. The van der Waals surface area contributed by atoms with Crippen LogP contribution >= 0.6 is 0 Å². The number of rotatable bonds is 17. The number of carbonyl (C=O) groups excluding carboxylic acids is 1. The van der Waals surface area contributed by atoms with Gasteiger partial charge in [-0.15, -0.1) is 0 Å². The lowest BCUT2D eigenvalue weighted by Crippen LogP contribution is -2.75. The molecule has 0 unspecified atom stereocenters. The number of nitro groups is 1. The summed E-state index contributed by atoms with van der Waals surface area (Å²) in [5.74, 6) is 0.145. The van der Waals surface area contributed by atoms with Crippen molar-refractivity contribution in [2.24, 2.45) is 0 Å². The number of hydrogen-bond donors (Lipinski definition) is 0. The van der Waals surface area contributed by atoms with E-state index >= 15 is 0 Å². The van der Waals surface area contributed by atoms with Crippen LogP contribution in [0.4, 0.5) is 5.69 Å². The first kappa shape index (κ1) is 27.6. The zero-order valence-electron chi connectivity index (χ0n) is 21.9. The maximum atomic E-state index is 12.6. The van der Waals surface area contributed by atoms with E-state index in [-0.39, 0.29) is 11.7 Å². The molecule has 3 aliphatic heterocycles. The Labute approximate surface area is 211 Å². The quantitative estimate of drug-likeness (QED) is 0.0686. The molecule has 3 fully saturated rings. The number of hydrogen-bond acceptors (Lipinski definition) is 4. The molecular weight excluding hydrogens is 442 g/mol. The van der Waals surface area contributed by atoms with Crippen molar-refractivity contribution in [1.82, 2.24) is 0 Å². The number of nitrogens with zero attached hydrogens (tertiary/aromatic N) is 3. The molecule has 7 heteroatoms. The van der Waals surface area contributed by atoms with Crippen LogP contribution in [-0.4, -0.2) is 72.2 Å². The van der Waals surface area contributed by atoms with E-state index in [1.807, 2.05) is 0 Å². The Balaban J connectivity index is 1.26. The molecule has 0 aromatic heterocycles. The van der Waals surface area contributed by atoms with Crippen molar-refractivity contribution in [2.75, 3.05) is 52.4 Å². The Morgan fingerprint density at radius 1 is 0.771 bits per heavy atom. The van der Waals surface area contributed by atoms with Crippen molar-refractivity contribution < 1.29 is 23.4 Å². The van der Waals surface area contributed by atoms with E-state index in [0.29, 0.717) is 12.3 Å². The van der Waals surface area contributed by atoms with Gasteiger partial charge in [-0.3, -0.25) is 10.1 Å². The average Bonchev–Trinajstić information content (AvgIpc) is 2.86. The minimum atomic E-state index is -0.451. The van der Waals surface area contributed by atoms with Crippen molar-refractivity contribution in [3.8, 4) is 5.75 Å². The second kappa shape index (κ2) is 13.9. The van der Waals surface area contributed by atoms with Gasteiger partial charge in [0.05, 0.1) is 11.5 Å². The SMILES string of the molecule is CCCCCCCCCCCCCC[N+]12CC[N+](CC(=O)Oc3ccc([N+](=O)[O-])cc3)(CC1)CC2. The first-order valence-corrected chi connectivity index (χ1v) is 14.1. The van der Waals surface area contributed by atoms with E-state index in [4.69, 9.17) is 4.74 Å². The molecule has 4 rings (SSSR count). The van der Waals surface area contributed by atoms with Crippen LogP contribution in [0.5, 0.6) is 5.75 Å². The third-order valence-corrected chi connectivity index (χ3v) is 8.38. The molecule has 0 radical (unpaired) electrons. The number of piperazine rings is 3. The number of quaternary nitrogens is 2. The number of esters is 1. The van der Waals surface area contributed by atoms with Gasteiger partial charge in [0.2, 0.25) is 0 Å². The first-order valence-electron chi connectivity index (χ1n) is 14.1. The van der Waals surface area contributed by atoms with Gasteiger partial charge < -0.3 is 13.7 Å². The number of fused-ring (bicyclic) bond motifs is 3. The molecule has 0 aliphatic carbocycles. The molecule has 1 aromatic carbocycles. The largest absolute Gasteiger partial charge is 0.422 e. The molecule has 0 spiro atoms. The van der Waals surface area contributed by atoms with Crippen LogP contribution in [0.1, 0.15) is 84.0 Å². The smallest absolute Gasteiger partial charge is 0.367 e. The molecule has 0 saturated carbocycles. The Bertz CT molecular complexity index is 771. The molecule has 196 valence electrons. The summed E-state index contributed by atoms with van der Waals surface area (Å²) in [6, 6.07) is 5.74. The first-order chi connectivity index (χ1) is 17.0. The molecule has 0 N–H and O–H groups in total. The highest BCUT2D eigenvalue weighted by atomic mass is 16.6. The predicted molar refractivity (Wildman–Crippen MR) is 139 cm³/mol. The molecule has 1 aromatic rings. The van der Waals surface area contributed by atoms with Gasteiger partial charge in [0.1, 0.15) is 45.0 Å². The van der Waals surface area contributed by atoms with Crippen LogP contribution in [0.25, 0.3) is 0 Å². The van der Waals surface area contributed by atoms with Crippen molar-refractivity contribution in [3.63, 3.8) is 0 Å². The normalized spacial score (nSPS) is 23.3. The molecule has 0 atom stereocenters. The van der Waals surface area contributed by atoms with Gasteiger partial charge in [-0.05, 0) is 25.0 Å². The van der Waals surface area contributed by atoms with Crippen molar-refractivity contribution >= 4 is 11.7 Å². The minimum Gasteiger partial charge on any atom is -0.422 e. The van der Waals surface area contributed by atoms with Crippen molar-refractivity contribution in [2.45, 2.75) is 84.0 Å². The monoisotopic (exact) mass is 489 g/mol. The number of benzene rings is 1. The highest BCUT2D eigenvalue weighted by Gasteiger charge is 2.49. The molecule has 35 heavy (non-hydrogen) atoms. The number of nitro benzene ring substituents is 1. The summed E-state index contributed by atoms with van der Waals surface area (Å²) in [6.07, 6.45) is 16.7. The van der Waals surface area contributed by atoms with Crippen LogP contribution in [0, 0.1) is 10.1 Å². The Morgan fingerprint density at radius 3 is 1.71 bits per heavy atom. The van der Waals surface area contributed by atoms with E-state index < -0.39 is 4.92 Å². The molecule has 7 nitrogen and oxygen atoms in total. The fraction of sp³-hybridized carbons (Fsp3) is 0.750. The number of non-ortho nitro benzene ring substituents is 1. The summed E-state index contributed by atoms with van der Waals surface area (Å²) in [7, 11) is 0. The summed E-state index contributed by atoms with van der Waals surface area (Å²) < 4.78 is 7.57. The van der Waals surface area contributed by atoms with E-state index in [1.54, 1.807) is 0 Å². The van der Waals surface area contributed by atoms with Crippen LogP contribution in [0.3, 0.4) is 0 Å². The number of unbranched alkanes of at least 4 members (excludes halogenated alkanes) is 11. The second-order valence-electron chi connectivity index (χ2n) is 11.0. The summed E-state index contributed by atoms with van der Waals surface area (Å²) in [5, 5.41) is 10.8. The van der Waals surface area contributed by atoms with Gasteiger partial charge in [-0.2, -0.15) is 0 Å². The maximum absolute atomic E-state index is 12.6. The molecular formula is C28H47N3O4+2. The molecule has 0 amide bonds. The fourth-order valence-corrected chi connectivity index (χ4v) is 5.88. The van der Waals surface area contributed by atoms with E-state index in [2.05, 4.69) is 6.92 Å². The lowest BCUT2D eigenvalue weighted by atomic mass is 10.0. The zero-order chi connectivity index (χ0) is 25.0. The summed E-state index contributed by atoms with van der Waals surface area (Å²) in [4.78, 5) is 22.9. The highest BCUT2D eigenvalue weighted by molar-refractivity contribution is 5.73. The van der Waals surface area contributed by atoms with Gasteiger partial charge in [-0.25, -0.2) is 4.79 Å². The van der Waals surface area contributed by atoms with Gasteiger partial charge in [0.15, 0.2) is 6.54 Å². The summed E-state index contributed by atoms with van der Waals surface area (Å²) in [6.45, 7) is 10.6. The molecule has 3 saturated heterocycles. The fourth-order valence-electron chi connectivity index (χ4n) is 5.88. The van der Waals surface area contributed by atoms with Gasteiger partial charge >= 0.3 is 5.97 Å². The van der Waals surface area contributed by atoms with Crippen LogP contribution in [-0.2, 0) is 4.79 Å². The summed E-state index contributed by atoms with van der Waals surface area (Å²) in [5.41, 5.74) is 0.000935. The minimum absolute atomic E-state index is 0.000935. The zero-order valence-corrected chi connectivity index (χ0v) is 21.9. The van der Waals surface area contributed by atoms with Crippen LogP contribution < -0.4 is 4.74 Å². The van der Waals surface area contributed by atoms with Crippen molar-refractivity contribution in [1.29, 1.82) is 0 Å². The Kier molecular flexibility index (Phi) is 11.0. The summed E-state index contributed by atoms with van der Waals surface area (Å²) >= 11 is 0. The van der Waals surface area contributed by atoms with Gasteiger partial charge in [0.25, 0.3) is 5.69 Å². The third-order valence-electron chi connectivity index (χ3n) is 8.38. The van der Waals surface area contributed by atoms with E-state index in [9.17, 15) is 14.9 Å². The molecule has 3 aliphatic rings. The maximum Gasteiger partial charge on any atom is 0.367 e. The second-order valence-corrected chi connectivity index (χ2v) is 11.0. The molecule has 3 heterocycles. The third kappa shape index (κ3) is 8.87. The molecule has 2 bridgehead atoms. The standard InChI is InChI=1S/C28H47N3O4/c1-2-3-4-5-6-7-8-9-10-11-12-13-18-30-19-22-31(23-20-30,24-21-30)25-28(32)35-27-16-14-26(15-17-27)29(33)34/h14-17H,2-13,18-25H2,1H3/q+2. The van der Waals surface area contributed by atoms with Gasteiger partial charge in [0, 0.05) is 12.1 Å². The van der Waals surface area contributed by atoms with E-state index in [1.165, 1.54) is 132 Å². The van der Waals surface area contributed by atoms with E-state index in [0.717, 1.165) is 24.1 Å². The Hall–Kier alpha value is -1.99. The lowest BCUT2D eigenvalue weighted by molar-refractivity contribution is -1.08. The van der Waals surface area contributed by atoms with Gasteiger partial charge in [-0.1, -0.05) is 71.1 Å².